The molecule has 0 bridgehead atoms. The van der Waals surface area contributed by atoms with Gasteiger partial charge in [0.15, 0.2) is 0 Å². The van der Waals surface area contributed by atoms with Gasteiger partial charge in [0.1, 0.15) is 11.5 Å². The van der Waals surface area contributed by atoms with Crippen molar-refractivity contribution in [2.75, 3.05) is 6.61 Å². The Balaban J connectivity index is 1.84. The van der Waals surface area contributed by atoms with Crippen molar-refractivity contribution >= 4 is 17.4 Å². The highest BCUT2D eigenvalue weighted by Gasteiger charge is 2.46. The van der Waals surface area contributed by atoms with Crippen LogP contribution < -0.4 is 4.74 Å². The van der Waals surface area contributed by atoms with E-state index < -0.39 is 17.7 Å². The molecule has 1 aliphatic heterocycles. The molecule has 1 aliphatic rings. The molecule has 6 nitrogen and oxygen atoms in total. The highest BCUT2D eigenvalue weighted by molar-refractivity contribution is 6.46. The van der Waals surface area contributed by atoms with Crippen LogP contribution in [0.15, 0.2) is 72.4 Å². The monoisotopic (exact) mass is 470 g/mol. The zero-order chi connectivity index (χ0) is 25.1. The standard InChI is InChI=1S/C29H30N2O4/c1-5-35-24-14-13-22(16-19(24)4)27(32)25-26(21-11-9-20(10-12-21)18(2)3)31(29(34)28(25)33)17-23-8-6-7-15-30-23/h6-16,18,26,32H,5,17H2,1-4H3/b27-25-. The topological polar surface area (TPSA) is 79.7 Å². The van der Waals surface area contributed by atoms with Gasteiger partial charge >= 0.3 is 0 Å². The predicted octanol–water partition coefficient (Wildman–Crippen LogP) is 5.53. The minimum atomic E-state index is -0.731. The molecule has 1 amide bonds. The van der Waals surface area contributed by atoms with Crippen LogP contribution in [0.25, 0.3) is 5.76 Å². The van der Waals surface area contributed by atoms with Crippen LogP contribution in [-0.2, 0) is 16.1 Å². The van der Waals surface area contributed by atoms with Crippen molar-refractivity contribution in [2.24, 2.45) is 0 Å². The number of carbonyl (C=O) groups is 2. The summed E-state index contributed by atoms with van der Waals surface area (Å²) in [6, 6.07) is 17.8. The minimum Gasteiger partial charge on any atom is -0.507 e. The Bertz CT molecular complexity index is 1260. The molecule has 2 heterocycles. The lowest BCUT2D eigenvalue weighted by Gasteiger charge is -2.25. The molecule has 4 rings (SSSR count). The van der Waals surface area contributed by atoms with Crippen LogP contribution in [-0.4, -0.2) is 33.3 Å². The lowest BCUT2D eigenvalue weighted by atomic mass is 9.93. The number of benzene rings is 2. The van der Waals surface area contributed by atoms with Gasteiger partial charge in [0.05, 0.1) is 30.5 Å². The molecule has 0 spiro atoms. The summed E-state index contributed by atoms with van der Waals surface area (Å²) in [4.78, 5) is 32.3. The molecular formula is C29H30N2O4. The molecule has 0 aliphatic carbocycles. The van der Waals surface area contributed by atoms with Crippen molar-refractivity contribution in [2.45, 2.75) is 46.2 Å². The van der Waals surface area contributed by atoms with Crippen LogP contribution in [0.3, 0.4) is 0 Å². The van der Waals surface area contributed by atoms with E-state index in [1.807, 2.05) is 50.2 Å². The van der Waals surface area contributed by atoms with Crippen molar-refractivity contribution in [3.05, 3.63) is 100 Å². The predicted molar refractivity (Wildman–Crippen MR) is 135 cm³/mol. The maximum atomic E-state index is 13.3. The number of aromatic nitrogens is 1. The fourth-order valence-corrected chi connectivity index (χ4v) is 4.39. The summed E-state index contributed by atoms with van der Waals surface area (Å²) in [7, 11) is 0. The SMILES string of the molecule is CCOc1ccc(/C(O)=C2/C(=O)C(=O)N(Cc3ccccn3)C2c2ccc(C(C)C)cc2)cc1C. The third kappa shape index (κ3) is 4.83. The van der Waals surface area contributed by atoms with Crippen molar-refractivity contribution in [1.82, 2.24) is 9.88 Å². The number of amides is 1. The number of hydrogen-bond acceptors (Lipinski definition) is 5. The summed E-state index contributed by atoms with van der Waals surface area (Å²) in [5.74, 6) is -0.507. The van der Waals surface area contributed by atoms with Gasteiger partial charge in [0.2, 0.25) is 0 Å². The number of nitrogens with zero attached hydrogens (tertiary/aromatic N) is 2. The summed E-state index contributed by atoms with van der Waals surface area (Å²) < 4.78 is 5.61. The minimum absolute atomic E-state index is 0.0757. The van der Waals surface area contributed by atoms with E-state index in [1.165, 1.54) is 4.90 Å². The van der Waals surface area contributed by atoms with Crippen LogP contribution in [0.2, 0.25) is 0 Å². The Morgan fingerprint density at radius 1 is 1.09 bits per heavy atom. The van der Waals surface area contributed by atoms with Crippen molar-refractivity contribution in [1.29, 1.82) is 0 Å². The number of Topliss-reactive ketones (excluding diaryl/α,β-unsaturated/α-hetero) is 1. The van der Waals surface area contributed by atoms with Crippen LogP contribution >= 0.6 is 0 Å². The van der Waals surface area contributed by atoms with E-state index in [0.717, 1.165) is 16.7 Å². The van der Waals surface area contributed by atoms with E-state index in [0.29, 0.717) is 29.5 Å². The maximum absolute atomic E-state index is 13.3. The van der Waals surface area contributed by atoms with Crippen LogP contribution in [0.5, 0.6) is 5.75 Å². The van der Waals surface area contributed by atoms with E-state index >= 15 is 0 Å². The molecule has 1 aromatic heterocycles. The molecule has 1 saturated heterocycles. The molecule has 35 heavy (non-hydrogen) atoms. The molecule has 1 N–H and O–H groups in total. The number of ketones is 1. The Labute approximate surface area is 205 Å². The molecule has 1 unspecified atom stereocenters. The van der Waals surface area contributed by atoms with E-state index in [1.54, 1.807) is 30.5 Å². The van der Waals surface area contributed by atoms with Crippen molar-refractivity contribution in [3.8, 4) is 5.75 Å². The first-order chi connectivity index (χ1) is 16.8. The second-order valence-electron chi connectivity index (χ2n) is 8.98. The third-order valence-corrected chi connectivity index (χ3v) is 6.27. The molecule has 1 fully saturated rings. The number of pyridine rings is 1. The number of aliphatic hydroxyl groups excluding tert-OH is 1. The smallest absolute Gasteiger partial charge is 0.296 e. The zero-order valence-corrected chi connectivity index (χ0v) is 20.5. The quantitative estimate of drug-likeness (QED) is 0.279. The number of rotatable bonds is 7. The zero-order valence-electron chi connectivity index (χ0n) is 20.5. The molecular weight excluding hydrogens is 440 g/mol. The van der Waals surface area contributed by atoms with Crippen molar-refractivity contribution in [3.63, 3.8) is 0 Å². The van der Waals surface area contributed by atoms with Gasteiger partial charge in [-0.05, 0) is 66.8 Å². The highest BCUT2D eigenvalue weighted by atomic mass is 16.5. The summed E-state index contributed by atoms with van der Waals surface area (Å²) in [6.07, 6.45) is 1.65. The van der Waals surface area contributed by atoms with Gasteiger partial charge in [0, 0.05) is 11.8 Å². The highest BCUT2D eigenvalue weighted by Crippen LogP contribution is 2.41. The first-order valence-electron chi connectivity index (χ1n) is 11.8. The molecule has 1 atom stereocenters. The number of aryl methyl sites for hydroxylation is 1. The fraction of sp³-hybridized carbons (Fsp3) is 0.276. The van der Waals surface area contributed by atoms with Gasteiger partial charge in [-0.25, -0.2) is 0 Å². The van der Waals surface area contributed by atoms with Gasteiger partial charge < -0.3 is 14.7 Å². The fourth-order valence-electron chi connectivity index (χ4n) is 4.39. The van der Waals surface area contributed by atoms with E-state index in [-0.39, 0.29) is 17.9 Å². The Morgan fingerprint density at radius 3 is 2.43 bits per heavy atom. The largest absolute Gasteiger partial charge is 0.507 e. The summed E-state index contributed by atoms with van der Waals surface area (Å²) in [5.41, 5.74) is 3.94. The number of hydrogen-bond donors (Lipinski definition) is 1. The molecule has 0 saturated carbocycles. The first-order valence-corrected chi connectivity index (χ1v) is 11.8. The second kappa shape index (κ2) is 10.1. The number of aliphatic hydroxyl groups is 1. The van der Waals surface area contributed by atoms with Gasteiger partial charge in [-0.2, -0.15) is 0 Å². The summed E-state index contributed by atoms with van der Waals surface area (Å²) in [5, 5.41) is 11.3. The Kier molecular flexibility index (Phi) is 7.01. The van der Waals surface area contributed by atoms with Crippen LogP contribution in [0.4, 0.5) is 0 Å². The van der Waals surface area contributed by atoms with Crippen molar-refractivity contribution < 1.29 is 19.4 Å². The number of ether oxygens (including phenoxy) is 1. The van der Waals surface area contributed by atoms with E-state index in [9.17, 15) is 14.7 Å². The average Bonchev–Trinajstić information content (AvgIpc) is 3.10. The number of likely N-dealkylation sites (tertiary alicyclic amines) is 1. The van der Waals surface area contributed by atoms with E-state index in [2.05, 4.69) is 18.8 Å². The Morgan fingerprint density at radius 2 is 1.83 bits per heavy atom. The molecule has 3 aromatic rings. The van der Waals surface area contributed by atoms with Gasteiger partial charge in [-0.1, -0.05) is 44.2 Å². The molecule has 0 radical (unpaired) electrons. The second-order valence-corrected chi connectivity index (χ2v) is 8.98. The first kappa shape index (κ1) is 24.2. The third-order valence-electron chi connectivity index (χ3n) is 6.27. The lowest BCUT2D eigenvalue weighted by molar-refractivity contribution is -0.140. The van der Waals surface area contributed by atoms with Gasteiger partial charge in [-0.15, -0.1) is 0 Å². The van der Waals surface area contributed by atoms with Gasteiger partial charge in [0.25, 0.3) is 11.7 Å². The lowest BCUT2D eigenvalue weighted by Crippen LogP contribution is -2.29. The van der Waals surface area contributed by atoms with Gasteiger partial charge in [-0.3, -0.25) is 14.6 Å². The van der Waals surface area contributed by atoms with Crippen LogP contribution in [0.1, 0.15) is 60.7 Å². The molecule has 6 heteroatoms. The summed E-state index contributed by atoms with van der Waals surface area (Å²) in [6.45, 7) is 8.68. The molecule has 180 valence electrons. The summed E-state index contributed by atoms with van der Waals surface area (Å²) >= 11 is 0. The maximum Gasteiger partial charge on any atom is 0.296 e. The Hall–Kier alpha value is -3.93. The van der Waals surface area contributed by atoms with Crippen LogP contribution in [0, 0.1) is 6.92 Å². The van der Waals surface area contributed by atoms with E-state index in [4.69, 9.17) is 4.74 Å². The molecule has 2 aromatic carbocycles. The normalized spacial score (nSPS) is 17.3. The number of carbonyl (C=O) groups excluding carboxylic acids is 2. The average molecular weight is 471 g/mol.